The summed E-state index contributed by atoms with van der Waals surface area (Å²) in [6.45, 7) is 7.35. The highest BCUT2D eigenvalue weighted by Gasteiger charge is 2.31. The van der Waals surface area contributed by atoms with Crippen molar-refractivity contribution in [2.24, 2.45) is 5.92 Å². The van der Waals surface area contributed by atoms with Gasteiger partial charge in [0.2, 0.25) is 0 Å². The average molecular weight is 381 g/mol. The molecule has 4 heteroatoms. The van der Waals surface area contributed by atoms with Gasteiger partial charge in [-0.3, -0.25) is 9.80 Å². The van der Waals surface area contributed by atoms with Gasteiger partial charge in [-0.15, -0.1) is 0 Å². The molecule has 28 heavy (non-hydrogen) atoms. The zero-order chi connectivity index (χ0) is 19.2. The zero-order valence-corrected chi connectivity index (χ0v) is 16.9. The molecule has 2 fully saturated rings. The molecule has 1 atom stereocenters. The van der Waals surface area contributed by atoms with Crippen LogP contribution in [0, 0.1) is 5.92 Å². The molecule has 2 saturated heterocycles. The third-order valence-corrected chi connectivity index (χ3v) is 6.15. The summed E-state index contributed by atoms with van der Waals surface area (Å²) in [4.78, 5) is 5.14. The Balaban J connectivity index is 1.25. The molecule has 0 bridgehead atoms. The van der Waals surface area contributed by atoms with Gasteiger partial charge in [-0.25, -0.2) is 0 Å². The Morgan fingerprint density at radius 2 is 1.54 bits per heavy atom. The van der Waals surface area contributed by atoms with Crippen molar-refractivity contribution in [3.63, 3.8) is 0 Å². The zero-order valence-electron chi connectivity index (χ0n) is 16.9. The molecule has 0 spiro atoms. The summed E-state index contributed by atoms with van der Waals surface area (Å²) in [5, 5.41) is 0. The van der Waals surface area contributed by atoms with Gasteiger partial charge in [0, 0.05) is 26.2 Å². The number of nitrogens with zero attached hydrogens (tertiary/aromatic N) is 2. The van der Waals surface area contributed by atoms with Gasteiger partial charge in [0.15, 0.2) is 0 Å². The van der Waals surface area contributed by atoms with E-state index >= 15 is 0 Å². The van der Waals surface area contributed by atoms with Crippen LogP contribution >= 0.6 is 0 Å². The number of hydrogen-bond acceptors (Lipinski definition) is 4. The van der Waals surface area contributed by atoms with E-state index in [9.17, 15) is 0 Å². The molecule has 0 amide bonds. The Labute approximate surface area is 169 Å². The molecule has 2 aromatic carbocycles. The maximum absolute atomic E-state index is 6.20. The smallest absolute Gasteiger partial charge is 0.118 e. The lowest BCUT2D eigenvalue weighted by molar-refractivity contribution is -0.0721. The van der Waals surface area contributed by atoms with Gasteiger partial charge >= 0.3 is 0 Å². The molecular formula is C24H32N2O2. The van der Waals surface area contributed by atoms with Gasteiger partial charge in [-0.1, -0.05) is 42.5 Å². The summed E-state index contributed by atoms with van der Waals surface area (Å²) < 4.78 is 11.5. The number of methoxy groups -OCH3 is 1. The molecule has 1 unspecified atom stereocenters. The molecule has 2 heterocycles. The highest BCUT2D eigenvalue weighted by atomic mass is 16.5. The van der Waals surface area contributed by atoms with E-state index in [4.69, 9.17) is 9.47 Å². The fourth-order valence-corrected chi connectivity index (χ4v) is 4.47. The van der Waals surface area contributed by atoms with E-state index in [1.165, 1.54) is 37.1 Å². The van der Waals surface area contributed by atoms with Crippen molar-refractivity contribution < 1.29 is 9.47 Å². The molecule has 0 aliphatic carbocycles. The Bertz CT molecular complexity index is 711. The second-order valence-corrected chi connectivity index (χ2v) is 8.09. The second-order valence-electron chi connectivity index (χ2n) is 8.09. The number of rotatable bonds is 6. The normalized spacial score (nSPS) is 22.2. The first-order chi connectivity index (χ1) is 13.8. The van der Waals surface area contributed by atoms with Crippen LogP contribution < -0.4 is 4.74 Å². The minimum absolute atomic E-state index is 0.380. The predicted octanol–water partition coefficient (Wildman–Crippen LogP) is 3.81. The summed E-state index contributed by atoms with van der Waals surface area (Å²) in [6.07, 6.45) is 2.87. The Kier molecular flexibility index (Phi) is 6.63. The Morgan fingerprint density at radius 1 is 0.857 bits per heavy atom. The molecule has 4 nitrogen and oxygen atoms in total. The van der Waals surface area contributed by atoms with E-state index in [1.54, 1.807) is 7.11 Å². The first kappa shape index (κ1) is 19.4. The van der Waals surface area contributed by atoms with E-state index in [-0.39, 0.29) is 0 Å². The van der Waals surface area contributed by atoms with Crippen LogP contribution in [0.25, 0.3) is 0 Å². The van der Waals surface area contributed by atoms with Crippen LogP contribution in [-0.2, 0) is 17.8 Å². The van der Waals surface area contributed by atoms with Crippen molar-refractivity contribution in [1.29, 1.82) is 0 Å². The number of likely N-dealkylation sites (tertiary alicyclic amines) is 1. The molecule has 0 radical (unpaired) electrons. The number of piperidine rings is 1. The molecule has 0 saturated carbocycles. The lowest BCUT2D eigenvalue weighted by Gasteiger charge is -2.40. The van der Waals surface area contributed by atoms with Gasteiger partial charge in [0.05, 0.1) is 19.8 Å². The average Bonchev–Trinajstić information content (AvgIpc) is 2.76. The lowest BCUT2D eigenvalue weighted by Crippen LogP contribution is -2.48. The third kappa shape index (κ3) is 5.13. The van der Waals surface area contributed by atoms with Crippen LogP contribution in [0.5, 0.6) is 5.75 Å². The highest BCUT2D eigenvalue weighted by Crippen LogP contribution is 2.26. The van der Waals surface area contributed by atoms with E-state index in [2.05, 4.69) is 64.4 Å². The fourth-order valence-electron chi connectivity index (χ4n) is 4.47. The topological polar surface area (TPSA) is 24.9 Å². The summed E-state index contributed by atoms with van der Waals surface area (Å²) >= 11 is 0. The van der Waals surface area contributed by atoms with Crippen LogP contribution in [-0.4, -0.2) is 55.8 Å². The van der Waals surface area contributed by atoms with E-state index in [0.717, 1.165) is 38.5 Å². The Hall–Kier alpha value is -1.88. The van der Waals surface area contributed by atoms with Gasteiger partial charge in [0.25, 0.3) is 0 Å². The second kappa shape index (κ2) is 9.55. The first-order valence-electron chi connectivity index (χ1n) is 10.5. The maximum Gasteiger partial charge on any atom is 0.118 e. The van der Waals surface area contributed by atoms with Gasteiger partial charge in [-0.2, -0.15) is 0 Å². The van der Waals surface area contributed by atoms with Gasteiger partial charge < -0.3 is 9.47 Å². The number of morpholine rings is 1. The van der Waals surface area contributed by atoms with E-state index < -0.39 is 0 Å². The minimum atomic E-state index is 0.380. The first-order valence-corrected chi connectivity index (χ1v) is 10.5. The quantitative estimate of drug-likeness (QED) is 0.761. The van der Waals surface area contributed by atoms with E-state index in [0.29, 0.717) is 12.0 Å². The molecule has 150 valence electrons. The summed E-state index contributed by atoms with van der Waals surface area (Å²) in [6, 6.07) is 19.3. The SMILES string of the molecule is COc1ccc(CN2CCOC(C3CCN(Cc4ccccc4)CC3)C2)cc1. The maximum atomic E-state index is 6.20. The van der Waals surface area contributed by atoms with Gasteiger partial charge in [-0.05, 0) is 55.1 Å². The van der Waals surface area contributed by atoms with E-state index in [1.807, 2.05) is 0 Å². The summed E-state index contributed by atoms with van der Waals surface area (Å²) in [5.41, 5.74) is 2.76. The number of hydrogen-bond donors (Lipinski definition) is 0. The van der Waals surface area contributed by atoms with Crippen LogP contribution in [0.1, 0.15) is 24.0 Å². The van der Waals surface area contributed by atoms with Crippen molar-refractivity contribution in [3.05, 3.63) is 65.7 Å². The van der Waals surface area contributed by atoms with Crippen LogP contribution in [0.3, 0.4) is 0 Å². The summed E-state index contributed by atoms with van der Waals surface area (Å²) in [5.74, 6) is 1.61. The van der Waals surface area contributed by atoms with Crippen molar-refractivity contribution in [1.82, 2.24) is 9.80 Å². The largest absolute Gasteiger partial charge is 0.497 e. The van der Waals surface area contributed by atoms with Crippen LogP contribution in [0.15, 0.2) is 54.6 Å². The minimum Gasteiger partial charge on any atom is -0.497 e. The molecular weight excluding hydrogens is 348 g/mol. The molecule has 0 aromatic heterocycles. The molecule has 2 aliphatic heterocycles. The van der Waals surface area contributed by atoms with Crippen molar-refractivity contribution >= 4 is 0 Å². The molecule has 0 N–H and O–H groups in total. The van der Waals surface area contributed by atoms with Crippen molar-refractivity contribution in [2.75, 3.05) is 39.9 Å². The molecule has 2 aromatic rings. The number of benzene rings is 2. The van der Waals surface area contributed by atoms with Crippen molar-refractivity contribution in [3.8, 4) is 5.75 Å². The lowest BCUT2D eigenvalue weighted by atomic mass is 9.90. The monoisotopic (exact) mass is 380 g/mol. The Morgan fingerprint density at radius 3 is 2.25 bits per heavy atom. The van der Waals surface area contributed by atoms with Gasteiger partial charge in [0.1, 0.15) is 5.75 Å². The van der Waals surface area contributed by atoms with Crippen LogP contribution in [0.4, 0.5) is 0 Å². The molecule has 2 aliphatic rings. The summed E-state index contributed by atoms with van der Waals surface area (Å²) in [7, 11) is 1.72. The van der Waals surface area contributed by atoms with Crippen LogP contribution in [0.2, 0.25) is 0 Å². The molecule has 4 rings (SSSR count). The fraction of sp³-hybridized carbons (Fsp3) is 0.500. The van der Waals surface area contributed by atoms with Crippen molar-refractivity contribution in [2.45, 2.75) is 32.0 Å². The third-order valence-electron chi connectivity index (χ3n) is 6.15. The standard InChI is InChI=1S/C24H32N2O2/c1-27-23-9-7-21(8-10-23)18-26-15-16-28-24(19-26)22-11-13-25(14-12-22)17-20-5-3-2-4-6-20/h2-10,22,24H,11-19H2,1H3. The predicted molar refractivity (Wildman–Crippen MR) is 112 cm³/mol. The highest BCUT2D eigenvalue weighted by molar-refractivity contribution is 5.27. The number of ether oxygens (including phenoxy) is 2.